The number of aromatic amines is 1. The van der Waals surface area contributed by atoms with E-state index in [0.29, 0.717) is 5.69 Å². The number of benzene rings is 1. The fraction of sp³-hybridized carbons (Fsp3) is 0.111. The van der Waals surface area contributed by atoms with Crippen LogP contribution >= 0.6 is 0 Å². The van der Waals surface area contributed by atoms with E-state index in [1.54, 1.807) is 36.7 Å². The molecule has 0 unspecified atom stereocenters. The first-order chi connectivity index (χ1) is 12.2. The molecule has 0 aliphatic carbocycles. The number of rotatable bonds is 5. The number of aliphatic hydroxyl groups is 1. The summed E-state index contributed by atoms with van der Waals surface area (Å²) in [6.07, 6.45) is 3.19. The van der Waals surface area contributed by atoms with Crippen LogP contribution in [0.1, 0.15) is 22.0 Å². The molecule has 0 aliphatic heterocycles. The van der Waals surface area contributed by atoms with E-state index in [1.807, 2.05) is 18.2 Å². The van der Waals surface area contributed by atoms with E-state index in [0.717, 1.165) is 11.1 Å². The Morgan fingerprint density at radius 2 is 1.88 bits per heavy atom. The molecule has 0 bridgehead atoms. The normalized spacial score (nSPS) is 11.7. The molecule has 2 aromatic heterocycles. The van der Waals surface area contributed by atoms with E-state index < -0.39 is 17.5 Å². The van der Waals surface area contributed by atoms with E-state index in [4.69, 9.17) is 0 Å². The van der Waals surface area contributed by atoms with Crippen molar-refractivity contribution in [1.82, 2.24) is 20.5 Å². The maximum Gasteiger partial charge on any atom is 0.277 e. The lowest BCUT2D eigenvalue weighted by Crippen LogP contribution is -2.34. The van der Waals surface area contributed by atoms with Gasteiger partial charge in [-0.25, -0.2) is 5.10 Å². The summed E-state index contributed by atoms with van der Waals surface area (Å²) in [6.45, 7) is -0.282. The summed E-state index contributed by atoms with van der Waals surface area (Å²) < 4.78 is 0. The van der Waals surface area contributed by atoms with Crippen molar-refractivity contribution in [2.24, 2.45) is 0 Å². The van der Waals surface area contributed by atoms with Crippen LogP contribution in [-0.4, -0.2) is 32.8 Å². The molecule has 25 heavy (non-hydrogen) atoms. The van der Waals surface area contributed by atoms with Gasteiger partial charge in [0.15, 0.2) is 0 Å². The van der Waals surface area contributed by atoms with Gasteiger partial charge in [-0.3, -0.25) is 14.6 Å². The first kappa shape index (κ1) is 16.5. The molecule has 1 aromatic carbocycles. The van der Waals surface area contributed by atoms with Crippen molar-refractivity contribution in [3.8, 4) is 11.3 Å². The molecule has 0 saturated heterocycles. The minimum Gasteiger partial charge on any atom is -0.394 e. The van der Waals surface area contributed by atoms with Gasteiger partial charge >= 0.3 is 0 Å². The van der Waals surface area contributed by atoms with E-state index in [2.05, 4.69) is 20.5 Å². The molecular weight excluding hydrogens is 320 g/mol. The van der Waals surface area contributed by atoms with E-state index in [9.17, 15) is 14.7 Å². The largest absolute Gasteiger partial charge is 0.394 e. The van der Waals surface area contributed by atoms with Crippen LogP contribution in [0.2, 0.25) is 0 Å². The van der Waals surface area contributed by atoms with Crippen molar-refractivity contribution in [1.29, 1.82) is 0 Å². The van der Waals surface area contributed by atoms with Crippen LogP contribution in [0.15, 0.2) is 65.7 Å². The molecule has 0 radical (unpaired) electrons. The summed E-state index contributed by atoms with van der Waals surface area (Å²) in [5.41, 5.74) is 1.25. The monoisotopic (exact) mass is 336 g/mol. The third-order valence-corrected chi connectivity index (χ3v) is 3.71. The summed E-state index contributed by atoms with van der Waals surface area (Å²) >= 11 is 0. The van der Waals surface area contributed by atoms with Crippen LogP contribution in [0.4, 0.5) is 0 Å². The first-order valence-corrected chi connectivity index (χ1v) is 7.66. The molecule has 0 spiro atoms. The average Bonchev–Trinajstić information content (AvgIpc) is 2.67. The third kappa shape index (κ3) is 3.78. The minimum atomic E-state index is -0.606. The number of carbonyl (C=O) groups excluding carboxylic acids is 1. The Labute approximate surface area is 143 Å². The second-order valence-corrected chi connectivity index (χ2v) is 5.35. The lowest BCUT2D eigenvalue weighted by atomic mass is 10.1. The van der Waals surface area contributed by atoms with Crippen LogP contribution in [0.5, 0.6) is 0 Å². The lowest BCUT2D eigenvalue weighted by molar-refractivity contribution is 0.0914. The van der Waals surface area contributed by atoms with Crippen LogP contribution in [0, 0.1) is 0 Å². The molecule has 0 saturated carbocycles. The average molecular weight is 336 g/mol. The summed E-state index contributed by atoms with van der Waals surface area (Å²) in [4.78, 5) is 28.4. The number of nitrogens with one attached hydrogen (secondary N) is 2. The maximum atomic E-state index is 12.5. The van der Waals surface area contributed by atoms with Gasteiger partial charge in [0.2, 0.25) is 0 Å². The Balaban J connectivity index is 1.88. The highest BCUT2D eigenvalue weighted by Crippen LogP contribution is 2.16. The molecule has 0 aliphatic rings. The topological polar surface area (TPSA) is 108 Å². The lowest BCUT2D eigenvalue weighted by Gasteiger charge is -2.16. The molecule has 1 amide bonds. The number of pyridine rings is 1. The molecule has 7 heteroatoms. The number of aromatic nitrogens is 3. The van der Waals surface area contributed by atoms with Gasteiger partial charge in [-0.1, -0.05) is 30.3 Å². The molecule has 3 rings (SSSR count). The maximum absolute atomic E-state index is 12.5. The van der Waals surface area contributed by atoms with E-state index in [1.165, 1.54) is 6.07 Å². The standard InChI is InChI=1S/C18H16N4O3/c23-11-16(12-4-2-1-3-5-12)20-17(24)14-10-15(21-22-18(14)25)13-6-8-19-9-7-13/h1-10,16,23H,11H2,(H,20,24)(H,22,25)/t16-/m1/s1. The number of amides is 1. The van der Waals surface area contributed by atoms with Crippen molar-refractivity contribution in [3.05, 3.63) is 82.4 Å². The summed E-state index contributed by atoms with van der Waals surface area (Å²) in [5, 5.41) is 18.5. The Kier molecular flexibility index (Phi) is 4.96. The van der Waals surface area contributed by atoms with Crippen LogP contribution in [-0.2, 0) is 0 Å². The van der Waals surface area contributed by atoms with Crippen molar-refractivity contribution < 1.29 is 9.90 Å². The fourth-order valence-electron chi connectivity index (χ4n) is 2.40. The second-order valence-electron chi connectivity index (χ2n) is 5.35. The van der Waals surface area contributed by atoms with Crippen molar-refractivity contribution in [3.63, 3.8) is 0 Å². The number of aliphatic hydroxyl groups excluding tert-OH is 1. The summed E-state index contributed by atoms with van der Waals surface area (Å²) in [5.74, 6) is -0.582. The number of hydrogen-bond donors (Lipinski definition) is 3. The quantitative estimate of drug-likeness (QED) is 0.651. The Morgan fingerprint density at radius 1 is 1.16 bits per heavy atom. The van der Waals surface area contributed by atoms with Gasteiger partial charge in [0.1, 0.15) is 5.56 Å². The SMILES string of the molecule is O=C(N[C@H](CO)c1ccccc1)c1cc(-c2ccncc2)n[nH]c1=O. The van der Waals surface area contributed by atoms with Gasteiger partial charge in [0, 0.05) is 18.0 Å². The predicted octanol–water partition coefficient (Wildman–Crippen LogP) is 1.30. The van der Waals surface area contributed by atoms with Gasteiger partial charge in [-0.2, -0.15) is 5.10 Å². The van der Waals surface area contributed by atoms with Crippen LogP contribution in [0.3, 0.4) is 0 Å². The molecular formula is C18H16N4O3. The van der Waals surface area contributed by atoms with Crippen molar-refractivity contribution >= 4 is 5.91 Å². The first-order valence-electron chi connectivity index (χ1n) is 7.66. The highest BCUT2D eigenvalue weighted by atomic mass is 16.3. The number of carbonyl (C=O) groups is 1. The van der Waals surface area contributed by atoms with Crippen molar-refractivity contribution in [2.45, 2.75) is 6.04 Å². The molecule has 2 heterocycles. The number of H-pyrrole nitrogens is 1. The molecule has 3 aromatic rings. The Hall–Kier alpha value is -3.32. The smallest absolute Gasteiger partial charge is 0.277 e. The predicted molar refractivity (Wildman–Crippen MR) is 91.8 cm³/mol. The van der Waals surface area contributed by atoms with E-state index in [-0.39, 0.29) is 12.2 Å². The fourth-order valence-corrected chi connectivity index (χ4v) is 2.40. The highest BCUT2D eigenvalue weighted by molar-refractivity contribution is 5.95. The molecule has 0 fully saturated rings. The van der Waals surface area contributed by atoms with Gasteiger partial charge in [0.25, 0.3) is 11.5 Å². The van der Waals surface area contributed by atoms with Gasteiger partial charge in [-0.15, -0.1) is 0 Å². The Morgan fingerprint density at radius 3 is 2.56 bits per heavy atom. The van der Waals surface area contributed by atoms with Gasteiger partial charge < -0.3 is 10.4 Å². The summed E-state index contributed by atoms with van der Waals surface area (Å²) in [7, 11) is 0. The number of hydrogen-bond acceptors (Lipinski definition) is 5. The zero-order chi connectivity index (χ0) is 17.6. The third-order valence-electron chi connectivity index (χ3n) is 3.71. The summed E-state index contributed by atoms with van der Waals surface area (Å²) in [6, 6.07) is 13.3. The molecule has 1 atom stereocenters. The van der Waals surface area contributed by atoms with Gasteiger partial charge in [0.05, 0.1) is 18.3 Å². The second kappa shape index (κ2) is 7.50. The van der Waals surface area contributed by atoms with Crippen LogP contribution < -0.4 is 10.9 Å². The van der Waals surface area contributed by atoms with Gasteiger partial charge in [-0.05, 0) is 23.8 Å². The molecule has 3 N–H and O–H groups in total. The molecule has 126 valence electrons. The Bertz CT molecular complexity index is 910. The van der Waals surface area contributed by atoms with Crippen molar-refractivity contribution in [2.75, 3.05) is 6.61 Å². The zero-order valence-corrected chi connectivity index (χ0v) is 13.2. The molecule has 7 nitrogen and oxygen atoms in total. The van der Waals surface area contributed by atoms with Crippen LogP contribution in [0.25, 0.3) is 11.3 Å². The van der Waals surface area contributed by atoms with E-state index >= 15 is 0 Å². The zero-order valence-electron chi connectivity index (χ0n) is 13.2. The highest BCUT2D eigenvalue weighted by Gasteiger charge is 2.18. The minimum absolute atomic E-state index is 0.0730. The number of nitrogens with zero attached hydrogens (tertiary/aromatic N) is 2.